The lowest BCUT2D eigenvalue weighted by Crippen LogP contribution is -2.22. The van der Waals surface area contributed by atoms with Crippen LogP contribution in [0.4, 0.5) is 0 Å². The third-order valence-corrected chi connectivity index (χ3v) is 4.64. The Labute approximate surface area is 155 Å². The number of hydrogen-bond donors (Lipinski definition) is 2. The van der Waals surface area contributed by atoms with Gasteiger partial charge in [0.25, 0.3) is 0 Å². The Morgan fingerprint density at radius 3 is 2.42 bits per heavy atom. The van der Waals surface area contributed by atoms with Crippen LogP contribution in [-0.4, -0.2) is 33.2 Å². The molecule has 26 heavy (non-hydrogen) atoms. The molecule has 5 heteroatoms. The van der Waals surface area contributed by atoms with E-state index in [0.717, 1.165) is 49.5 Å². The highest BCUT2D eigenvalue weighted by atomic mass is 15.1. The number of pyridine rings is 1. The Hall–Kier alpha value is -2.50. The molecule has 3 rings (SSSR count). The van der Waals surface area contributed by atoms with Crippen LogP contribution in [0, 0.1) is 0 Å². The largest absolute Gasteiger partial charge is 0.308 e. The molecule has 0 aliphatic heterocycles. The molecular formula is C21H27N5. The number of H-pyrrole nitrogens is 1. The van der Waals surface area contributed by atoms with Crippen molar-refractivity contribution in [2.24, 2.45) is 0 Å². The molecule has 2 N–H and O–H groups in total. The Bertz CT molecular complexity index is 776. The van der Waals surface area contributed by atoms with E-state index in [1.807, 2.05) is 24.5 Å². The van der Waals surface area contributed by atoms with Crippen LogP contribution in [0.3, 0.4) is 0 Å². The summed E-state index contributed by atoms with van der Waals surface area (Å²) in [5.74, 6) is 0. The molecule has 136 valence electrons. The number of nitrogens with zero attached hydrogens (tertiary/aromatic N) is 3. The summed E-state index contributed by atoms with van der Waals surface area (Å²) in [6, 6.07) is 12.9. The van der Waals surface area contributed by atoms with Crippen molar-refractivity contribution in [3.05, 3.63) is 71.7 Å². The molecule has 1 aromatic carbocycles. The molecule has 0 bridgehead atoms. The van der Waals surface area contributed by atoms with E-state index in [-0.39, 0.29) is 0 Å². The van der Waals surface area contributed by atoms with Crippen LogP contribution in [0.2, 0.25) is 0 Å². The minimum atomic E-state index is 0.766. The molecule has 0 fully saturated rings. The topological polar surface area (TPSA) is 56.8 Å². The fourth-order valence-electron chi connectivity index (χ4n) is 3.02. The molecule has 0 unspecified atom stereocenters. The molecule has 0 radical (unpaired) electrons. The fraction of sp³-hybridized carbons (Fsp3) is 0.333. The lowest BCUT2D eigenvalue weighted by molar-refractivity contribution is 0.296. The van der Waals surface area contributed by atoms with Gasteiger partial charge in [-0.2, -0.15) is 5.10 Å². The first-order valence-corrected chi connectivity index (χ1v) is 9.23. The smallest absolute Gasteiger partial charge is 0.0710 e. The fourth-order valence-corrected chi connectivity index (χ4v) is 3.02. The summed E-state index contributed by atoms with van der Waals surface area (Å²) in [7, 11) is 0. The molecule has 2 heterocycles. The predicted octanol–water partition coefficient (Wildman–Crippen LogP) is 3.60. The van der Waals surface area contributed by atoms with Crippen molar-refractivity contribution in [1.82, 2.24) is 25.4 Å². The summed E-state index contributed by atoms with van der Waals surface area (Å²) < 4.78 is 0. The molecule has 0 aliphatic carbocycles. The summed E-state index contributed by atoms with van der Waals surface area (Å²) >= 11 is 0. The number of rotatable bonds is 9. The average Bonchev–Trinajstić information content (AvgIpc) is 3.16. The van der Waals surface area contributed by atoms with Crippen molar-refractivity contribution in [1.29, 1.82) is 0 Å². The molecule has 0 spiro atoms. The van der Waals surface area contributed by atoms with Crippen LogP contribution in [0.25, 0.3) is 11.3 Å². The zero-order valence-electron chi connectivity index (χ0n) is 15.6. The molecule has 2 aromatic heterocycles. The molecule has 0 atom stereocenters. The maximum atomic E-state index is 4.18. The van der Waals surface area contributed by atoms with Crippen LogP contribution in [0.5, 0.6) is 0 Å². The zero-order chi connectivity index (χ0) is 18.2. The van der Waals surface area contributed by atoms with E-state index in [2.05, 4.69) is 63.5 Å². The zero-order valence-corrected chi connectivity index (χ0v) is 15.6. The van der Waals surface area contributed by atoms with Gasteiger partial charge in [-0.05, 0) is 36.3 Å². The Kier molecular flexibility index (Phi) is 6.52. The number of aromatic nitrogens is 3. The minimum absolute atomic E-state index is 0.766. The van der Waals surface area contributed by atoms with Gasteiger partial charge in [0, 0.05) is 43.2 Å². The van der Waals surface area contributed by atoms with Crippen molar-refractivity contribution >= 4 is 0 Å². The normalized spacial score (nSPS) is 11.2. The number of hydrogen-bond acceptors (Lipinski definition) is 4. The molecule has 0 aliphatic rings. The summed E-state index contributed by atoms with van der Waals surface area (Å²) in [5, 5.41) is 10.8. The molecule has 0 amide bonds. The van der Waals surface area contributed by atoms with Gasteiger partial charge in [0.1, 0.15) is 0 Å². The van der Waals surface area contributed by atoms with Crippen molar-refractivity contribution in [3.63, 3.8) is 0 Å². The predicted molar refractivity (Wildman–Crippen MR) is 105 cm³/mol. The second-order valence-electron chi connectivity index (χ2n) is 6.39. The maximum absolute atomic E-state index is 4.18. The molecule has 0 saturated carbocycles. The average molecular weight is 349 g/mol. The molecular weight excluding hydrogens is 322 g/mol. The second kappa shape index (κ2) is 9.27. The standard InChI is InChI=1S/C21H27N5/c1-3-26(4-2)16-18-9-7-17(8-10-18)12-23-14-20-15-24-25-21(20)19-6-5-11-22-13-19/h5-11,13,15,23H,3-4,12,14,16H2,1-2H3,(H,24,25). The minimum Gasteiger partial charge on any atom is -0.308 e. The van der Waals surface area contributed by atoms with E-state index >= 15 is 0 Å². The number of aromatic amines is 1. The molecule has 3 aromatic rings. The second-order valence-corrected chi connectivity index (χ2v) is 6.39. The van der Waals surface area contributed by atoms with Crippen molar-refractivity contribution in [2.45, 2.75) is 33.5 Å². The Balaban J connectivity index is 1.54. The highest BCUT2D eigenvalue weighted by Crippen LogP contribution is 2.19. The van der Waals surface area contributed by atoms with Gasteiger partial charge >= 0.3 is 0 Å². The Morgan fingerprint density at radius 2 is 1.73 bits per heavy atom. The van der Waals surface area contributed by atoms with Gasteiger partial charge in [-0.3, -0.25) is 15.0 Å². The first kappa shape index (κ1) is 18.3. The first-order chi connectivity index (χ1) is 12.8. The monoisotopic (exact) mass is 349 g/mol. The quantitative estimate of drug-likeness (QED) is 0.620. The summed E-state index contributed by atoms with van der Waals surface area (Å²) in [4.78, 5) is 6.60. The highest BCUT2D eigenvalue weighted by molar-refractivity contribution is 5.61. The first-order valence-electron chi connectivity index (χ1n) is 9.23. The lowest BCUT2D eigenvalue weighted by Gasteiger charge is -2.18. The molecule has 5 nitrogen and oxygen atoms in total. The van der Waals surface area contributed by atoms with E-state index in [1.165, 1.54) is 11.1 Å². The van der Waals surface area contributed by atoms with Crippen molar-refractivity contribution in [3.8, 4) is 11.3 Å². The molecule has 0 saturated heterocycles. The van der Waals surface area contributed by atoms with Gasteiger partial charge in [0.2, 0.25) is 0 Å². The summed E-state index contributed by atoms with van der Waals surface area (Å²) in [6.45, 7) is 9.21. The number of benzene rings is 1. The van der Waals surface area contributed by atoms with E-state index in [1.54, 1.807) is 6.20 Å². The van der Waals surface area contributed by atoms with Crippen molar-refractivity contribution in [2.75, 3.05) is 13.1 Å². The van der Waals surface area contributed by atoms with Crippen LogP contribution < -0.4 is 5.32 Å². The van der Waals surface area contributed by atoms with Crippen LogP contribution in [0.15, 0.2) is 55.0 Å². The lowest BCUT2D eigenvalue weighted by atomic mass is 10.1. The Morgan fingerprint density at radius 1 is 0.962 bits per heavy atom. The van der Waals surface area contributed by atoms with Crippen LogP contribution in [0.1, 0.15) is 30.5 Å². The SMILES string of the molecule is CCN(CC)Cc1ccc(CNCc2cn[nH]c2-c2cccnc2)cc1. The van der Waals surface area contributed by atoms with E-state index in [0.29, 0.717) is 0 Å². The van der Waals surface area contributed by atoms with Gasteiger partial charge in [0.15, 0.2) is 0 Å². The summed E-state index contributed by atoms with van der Waals surface area (Å²) in [6.07, 6.45) is 5.51. The van der Waals surface area contributed by atoms with Gasteiger partial charge < -0.3 is 5.32 Å². The van der Waals surface area contributed by atoms with Crippen LogP contribution in [-0.2, 0) is 19.6 Å². The van der Waals surface area contributed by atoms with Crippen LogP contribution >= 0.6 is 0 Å². The van der Waals surface area contributed by atoms with Gasteiger partial charge in [-0.1, -0.05) is 38.1 Å². The van der Waals surface area contributed by atoms with E-state index < -0.39 is 0 Å². The van der Waals surface area contributed by atoms with Crippen molar-refractivity contribution < 1.29 is 0 Å². The maximum Gasteiger partial charge on any atom is 0.0710 e. The van der Waals surface area contributed by atoms with Gasteiger partial charge in [0.05, 0.1) is 11.9 Å². The van der Waals surface area contributed by atoms with Gasteiger partial charge in [-0.25, -0.2) is 0 Å². The van der Waals surface area contributed by atoms with Gasteiger partial charge in [-0.15, -0.1) is 0 Å². The third-order valence-electron chi connectivity index (χ3n) is 4.64. The third kappa shape index (κ3) is 4.77. The number of nitrogens with one attached hydrogen (secondary N) is 2. The highest BCUT2D eigenvalue weighted by Gasteiger charge is 2.07. The summed E-state index contributed by atoms with van der Waals surface area (Å²) in [5.41, 5.74) is 5.89. The van der Waals surface area contributed by atoms with E-state index in [9.17, 15) is 0 Å². The van der Waals surface area contributed by atoms with E-state index in [4.69, 9.17) is 0 Å².